The van der Waals surface area contributed by atoms with Crippen LogP contribution in [0.4, 0.5) is 0 Å². The monoisotopic (exact) mass is 421 g/mol. The van der Waals surface area contributed by atoms with Crippen molar-refractivity contribution in [1.82, 2.24) is 14.8 Å². The molecule has 0 aliphatic heterocycles. The van der Waals surface area contributed by atoms with Crippen molar-refractivity contribution >= 4 is 37.7 Å². The largest absolute Gasteiger partial charge is 0.290 e. The summed E-state index contributed by atoms with van der Waals surface area (Å²) in [6.07, 6.45) is 8.15. The average molecular weight is 422 g/mol. The van der Waals surface area contributed by atoms with Gasteiger partial charge in [0.1, 0.15) is 0 Å². The minimum absolute atomic E-state index is 0.0689. The Hall–Kier alpha value is -2.40. The number of pyridine rings is 1. The molecule has 5 heteroatoms. The lowest BCUT2D eigenvalue weighted by atomic mass is 9.83. The number of nitrogens with zero attached hydrogens (tertiary/aromatic N) is 2. The van der Waals surface area contributed by atoms with E-state index in [0.29, 0.717) is 11.3 Å². The highest BCUT2D eigenvalue weighted by atomic mass is 79.9. The molecule has 0 radical (unpaired) electrons. The minimum atomic E-state index is -0.0689. The van der Waals surface area contributed by atoms with Crippen LogP contribution in [-0.4, -0.2) is 14.8 Å². The van der Waals surface area contributed by atoms with Gasteiger partial charge in [0.05, 0.1) is 22.1 Å². The number of nitrogens with one attached hydrogen (secondary N) is 1. The zero-order valence-electron chi connectivity index (χ0n) is 14.9. The number of rotatable bonds is 2. The van der Waals surface area contributed by atoms with Gasteiger partial charge in [-0.3, -0.25) is 14.9 Å². The number of hydrogen-bond acceptors (Lipinski definition) is 2. The molecule has 27 heavy (non-hydrogen) atoms. The Bertz CT molecular complexity index is 1200. The minimum Gasteiger partial charge on any atom is -0.290 e. The Morgan fingerprint density at radius 1 is 1.04 bits per heavy atom. The lowest BCUT2D eigenvalue weighted by Gasteiger charge is -2.22. The van der Waals surface area contributed by atoms with Crippen molar-refractivity contribution in [3.8, 4) is 5.69 Å². The summed E-state index contributed by atoms with van der Waals surface area (Å²) >= 11 is 3.48. The zero-order valence-corrected chi connectivity index (χ0v) is 16.5. The zero-order chi connectivity index (χ0) is 18.4. The molecule has 2 aromatic carbocycles. The first-order valence-corrected chi connectivity index (χ1v) is 10.3. The third kappa shape index (κ3) is 2.90. The van der Waals surface area contributed by atoms with E-state index in [9.17, 15) is 4.79 Å². The number of aromatic amines is 1. The van der Waals surface area contributed by atoms with E-state index < -0.39 is 0 Å². The van der Waals surface area contributed by atoms with Crippen molar-refractivity contribution in [3.63, 3.8) is 0 Å². The molecule has 0 bridgehead atoms. The molecule has 4 aromatic rings. The van der Waals surface area contributed by atoms with Gasteiger partial charge < -0.3 is 0 Å². The summed E-state index contributed by atoms with van der Waals surface area (Å²) in [5.74, 6) is 0.622. The van der Waals surface area contributed by atoms with E-state index in [1.54, 1.807) is 10.9 Å². The highest BCUT2D eigenvalue weighted by Crippen LogP contribution is 2.34. The maximum atomic E-state index is 12.9. The maximum Gasteiger partial charge on any atom is 0.280 e. The third-order valence-electron chi connectivity index (χ3n) is 5.69. The molecule has 0 atom stereocenters. The Balaban J connectivity index is 1.71. The number of hydrogen-bond donors (Lipinski definition) is 1. The molecule has 2 heterocycles. The third-order valence-corrected chi connectivity index (χ3v) is 6.19. The lowest BCUT2D eigenvalue weighted by Crippen LogP contribution is -2.14. The molecular weight excluding hydrogens is 402 g/mol. The van der Waals surface area contributed by atoms with Crippen LogP contribution in [0.25, 0.3) is 27.5 Å². The first kappa shape index (κ1) is 16.8. The fourth-order valence-electron chi connectivity index (χ4n) is 4.26. The molecule has 1 N–H and O–H groups in total. The molecular formula is C22H20BrN3O. The lowest BCUT2D eigenvalue weighted by molar-refractivity contribution is 0.444. The number of aromatic nitrogens is 3. The summed E-state index contributed by atoms with van der Waals surface area (Å²) in [5, 5.41) is 4.98. The Morgan fingerprint density at radius 2 is 1.89 bits per heavy atom. The molecule has 5 rings (SSSR count). The molecule has 1 aliphatic rings. The molecule has 0 spiro atoms. The van der Waals surface area contributed by atoms with Crippen molar-refractivity contribution in [2.75, 3.05) is 0 Å². The molecule has 4 nitrogen and oxygen atoms in total. The molecule has 136 valence electrons. The van der Waals surface area contributed by atoms with Crippen LogP contribution < -0.4 is 5.56 Å². The maximum absolute atomic E-state index is 12.9. The summed E-state index contributed by atoms with van der Waals surface area (Å²) in [6.45, 7) is 0. The first-order valence-electron chi connectivity index (χ1n) is 9.50. The molecule has 0 unspecified atom stereocenters. The van der Waals surface area contributed by atoms with Gasteiger partial charge in [0.25, 0.3) is 5.56 Å². The highest BCUT2D eigenvalue weighted by Gasteiger charge is 2.18. The normalized spacial score (nSPS) is 15.6. The van der Waals surface area contributed by atoms with Crippen LogP contribution in [0.3, 0.4) is 0 Å². The SMILES string of the molecule is O=c1c2cnc3ccc(C4CCCCC4)cc3c2[nH]n1-c1cccc(Br)c1. The van der Waals surface area contributed by atoms with Gasteiger partial charge in [0.2, 0.25) is 0 Å². The van der Waals surface area contributed by atoms with Crippen molar-refractivity contribution in [2.24, 2.45) is 0 Å². The van der Waals surface area contributed by atoms with Crippen LogP contribution in [0, 0.1) is 0 Å². The van der Waals surface area contributed by atoms with Crippen LogP contribution in [0.15, 0.2) is 57.9 Å². The fourth-order valence-corrected chi connectivity index (χ4v) is 4.65. The predicted octanol–water partition coefficient (Wildman–Crippen LogP) is 5.68. The number of H-pyrrole nitrogens is 1. The van der Waals surface area contributed by atoms with Gasteiger partial charge in [0.15, 0.2) is 0 Å². The smallest absolute Gasteiger partial charge is 0.280 e. The second-order valence-electron chi connectivity index (χ2n) is 7.39. The van der Waals surface area contributed by atoms with Gasteiger partial charge in [0, 0.05) is 16.1 Å². The molecule has 0 saturated heterocycles. The summed E-state index contributed by atoms with van der Waals surface area (Å²) < 4.78 is 2.54. The summed E-state index contributed by atoms with van der Waals surface area (Å²) in [4.78, 5) is 17.5. The van der Waals surface area contributed by atoms with E-state index in [-0.39, 0.29) is 5.56 Å². The number of fused-ring (bicyclic) bond motifs is 3. The highest BCUT2D eigenvalue weighted by molar-refractivity contribution is 9.10. The van der Waals surface area contributed by atoms with Crippen LogP contribution in [0.5, 0.6) is 0 Å². The van der Waals surface area contributed by atoms with Gasteiger partial charge in [-0.25, -0.2) is 4.68 Å². The summed E-state index contributed by atoms with van der Waals surface area (Å²) in [6, 6.07) is 14.3. The van der Waals surface area contributed by atoms with E-state index in [1.807, 2.05) is 24.3 Å². The Kier molecular flexibility index (Phi) is 4.12. The van der Waals surface area contributed by atoms with Crippen LogP contribution >= 0.6 is 15.9 Å². The second-order valence-corrected chi connectivity index (χ2v) is 8.31. The fraction of sp³-hybridized carbons (Fsp3) is 0.273. The molecule has 2 aromatic heterocycles. The molecule has 1 fully saturated rings. The number of halogens is 1. The van der Waals surface area contributed by atoms with Gasteiger partial charge >= 0.3 is 0 Å². The standard InChI is InChI=1S/C22H20BrN3O/c23-16-7-4-8-17(12-16)26-22(27)19-13-24-20-10-9-15(11-18(20)21(19)25-26)14-5-2-1-3-6-14/h4,7-14,25H,1-3,5-6H2. The second kappa shape index (κ2) is 6.64. The molecule has 1 saturated carbocycles. The van der Waals surface area contributed by atoms with E-state index >= 15 is 0 Å². The van der Waals surface area contributed by atoms with Crippen molar-refractivity contribution in [3.05, 3.63) is 69.1 Å². The van der Waals surface area contributed by atoms with Gasteiger partial charge in [-0.1, -0.05) is 47.3 Å². The van der Waals surface area contributed by atoms with Gasteiger partial charge in [-0.05, 0) is 54.7 Å². The summed E-state index contributed by atoms with van der Waals surface area (Å²) in [5.41, 5.74) is 3.89. The number of benzene rings is 2. The van der Waals surface area contributed by atoms with E-state index in [1.165, 1.54) is 37.7 Å². The Labute approximate surface area is 165 Å². The van der Waals surface area contributed by atoms with Crippen LogP contribution in [0.1, 0.15) is 43.6 Å². The van der Waals surface area contributed by atoms with Gasteiger partial charge in [-0.15, -0.1) is 0 Å². The first-order chi connectivity index (χ1) is 13.2. The summed E-state index contributed by atoms with van der Waals surface area (Å²) in [7, 11) is 0. The molecule has 0 amide bonds. The van der Waals surface area contributed by atoms with Crippen molar-refractivity contribution in [1.29, 1.82) is 0 Å². The quantitative estimate of drug-likeness (QED) is 0.452. The average Bonchev–Trinajstić information content (AvgIpc) is 3.05. The van der Waals surface area contributed by atoms with E-state index in [0.717, 1.165) is 26.6 Å². The van der Waals surface area contributed by atoms with Crippen LogP contribution in [-0.2, 0) is 0 Å². The van der Waals surface area contributed by atoms with E-state index in [4.69, 9.17) is 0 Å². The van der Waals surface area contributed by atoms with E-state index in [2.05, 4.69) is 44.2 Å². The molecule has 1 aliphatic carbocycles. The Morgan fingerprint density at radius 3 is 2.70 bits per heavy atom. The predicted molar refractivity (Wildman–Crippen MR) is 113 cm³/mol. The van der Waals surface area contributed by atoms with Crippen LogP contribution in [0.2, 0.25) is 0 Å². The topological polar surface area (TPSA) is 50.7 Å². The van der Waals surface area contributed by atoms with Gasteiger partial charge in [-0.2, -0.15) is 0 Å². The van der Waals surface area contributed by atoms with Crippen molar-refractivity contribution in [2.45, 2.75) is 38.0 Å². The van der Waals surface area contributed by atoms with Crippen molar-refractivity contribution < 1.29 is 0 Å².